The van der Waals surface area contributed by atoms with Crippen LogP contribution in [0, 0.1) is 6.92 Å². The van der Waals surface area contributed by atoms with Gasteiger partial charge in [-0.3, -0.25) is 10.4 Å². The Morgan fingerprint density at radius 1 is 1.79 bits per heavy atom. The molecule has 0 amide bonds. The Morgan fingerprint density at radius 3 is 2.93 bits per heavy atom. The molecule has 78 valence electrons. The van der Waals surface area contributed by atoms with Crippen LogP contribution in [0.2, 0.25) is 0 Å². The van der Waals surface area contributed by atoms with E-state index in [2.05, 4.69) is 15.4 Å². The first-order valence-corrected chi connectivity index (χ1v) is 5.10. The zero-order chi connectivity index (χ0) is 10.6. The molecular formula is C8H15N5S. The summed E-state index contributed by atoms with van der Waals surface area (Å²) in [6.45, 7) is 2.77. The van der Waals surface area contributed by atoms with Crippen molar-refractivity contribution in [2.24, 2.45) is 10.8 Å². The average Bonchev–Trinajstić information content (AvgIpc) is 2.54. The molecule has 0 aliphatic rings. The predicted octanol–water partition coefficient (Wildman–Crippen LogP) is 0.332. The highest BCUT2D eigenvalue weighted by atomic mass is 32.1. The van der Waals surface area contributed by atoms with Gasteiger partial charge in [0, 0.05) is 19.0 Å². The van der Waals surface area contributed by atoms with Crippen LogP contribution in [0.5, 0.6) is 0 Å². The second kappa shape index (κ2) is 4.92. The van der Waals surface area contributed by atoms with Gasteiger partial charge in [0.25, 0.3) is 0 Å². The molecule has 1 heterocycles. The fourth-order valence-electron chi connectivity index (χ4n) is 1.11. The molecule has 0 fully saturated rings. The van der Waals surface area contributed by atoms with E-state index in [9.17, 15) is 0 Å². The second-order valence-corrected chi connectivity index (χ2v) is 3.85. The molecule has 6 heteroatoms. The van der Waals surface area contributed by atoms with Crippen molar-refractivity contribution in [1.29, 1.82) is 0 Å². The molecule has 0 aromatic carbocycles. The summed E-state index contributed by atoms with van der Waals surface area (Å²) >= 11 is 1.64. The Balaban J connectivity index is 2.65. The Hall–Kier alpha value is -1.14. The van der Waals surface area contributed by atoms with Gasteiger partial charge in [0.05, 0.1) is 17.7 Å². The summed E-state index contributed by atoms with van der Waals surface area (Å²) in [6.07, 6.45) is 0. The first kappa shape index (κ1) is 10.9. The molecular weight excluding hydrogens is 198 g/mol. The highest BCUT2D eigenvalue weighted by Gasteiger charge is 2.08. The number of aryl methyl sites for hydroxylation is 1. The first-order chi connectivity index (χ1) is 6.69. The molecule has 14 heavy (non-hydrogen) atoms. The van der Waals surface area contributed by atoms with E-state index in [1.165, 1.54) is 4.88 Å². The fraction of sp³-hybridized carbons (Fsp3) is 0.500. The van der Waals surface area contributed by atoms with Crippen LogP contribution in [0.4, 0.5) is 0 Å². The highest BCUT2D eigenvalue weighted by molar-refractivity contribution is 7.09. The van der Waals surface area contributed by atoms with E-state index in [-0.39, 0.29) is 0 Å². The number of aromatic nitrogens is 1. The van der Waals surface area contributed by atoms with Crippen molar-refractivity contribution >= 4 is 17.3 Å². The smallest absolute Gasteiger partial charge is 0.208 e. The molecule has 1 aromatic rings. The summed E-state index contributed by atoms with van der Waals surface area (Å²) in [5.74, 6) is 5.98. The third kappa shape index (κ3) is 2.43. The zero-order valence-electron chi connectivity index (χ0n) is 8.61. The molecule has 0 unspecified atom stereocenters. The van der Waals surface area contributed by atoms with E-state index in [4.69, 9.17) is 5.84 Å². The molecule has 0 atom stereocenters. The maximum atomic E-state index is 5.32. The first-order valence-electron chi connectivity index (χ1n) is 4.22. The van der Waals surface area contributed by atoms with Gasteiger partial charge in [0.15, 0.2) is 0 Å². The number of hydrogen-bond acceptors (Lipinski definition) is 4. The van der Waals surface area contributed by atoms with Crippen LogP contribution in [0.3, 0.4) is 0 Å². The molecule has 0 radical (unpaired) electrons. The summed E-state index contributed by atoms with van der Waals surface area (Å²) in [6, 6.07) is 0. The van der Waals surface area contributed by atoms with Crippen LogP contribution in [0.1, 0.15) is 10.6 Å². The molecule has 0 aliphatic heterocycles. The Labute approximate surface area is 87.6 Å². The molecule has 5 nitrogen and oxygen atoms in total. The van der Waals surface area contributed by atoms with Crippen molar-refractivity contribution in [3.8, 4) is 0 Å². The largest absolute Gasteiger partial charge is 0.340 e. The van der Waals surface area contributed by atoms with Crippen molar-refractivity contribution in [3.63, 3.8) is 0 Å². The SMILES string of the molecule is CN=C(NN)N(C)Cc1scnc1C. The third-order valence-corrected chi connectivity index (χ3v) is 2.85. The molecule has 1 aromatic heterocycles. The number of nitrogens with two attached hydrogens (primary N) is 1. The van der Waals surface area contributed by atoms with Gasteiger partial charge in [-0.05, 0) is 6.92 Å². The van der Waals surface area contributed by atoms with Gasteiger partial charge >= 0.3 is 0 Å². The quantitative estimate of drug-likeness (QED) is 0.322. The van der Waals surface area contributed by atoms with E-state index in [0.29, 0.717) is 5.96 Å². The van der Waals surface area contributed by atoms with Gasteiger partial charge in [-0.15, -0.1) is 11.3 Å². The highest BCUT2D eigenvalue weighted by Crippen LogP contribution is 2.13. The van der Waals surface area contributed by atoms with Gasteiger partial charge < -0.3 is 4.90 Å². The van der Waals surface area contributed by atoms with Crippen LogP contribution in [0.25, 0.3) is 0 Å². The Morgan fingerprint density at radius 2 is 2.50 bits per heavy atom. The van der Waals surface area contributed by atoms with Crippen LogP contribution < -0.4 is 11.3 Å². The van der Waals surface area contributed by atoms with Crippen LogP contribution in [-0.2, 0) is 6.54 Å². The molecule has 0 saturated carbocycles. The lowest BCUT2D eigenvalue weighted by Crippen LogP contribution is -2.42. The van der Waals surface area contributed by atoms with Crippen molar-refractivity contribution in [2.75, 3.05) is 14.1 Å². The number of hydrogen-bond donors (Lipinski definition) is 2. The summed E-state index contributed by atoms with van der Waals surface area (Å²) < 4.78 is 0. The Bertz CT molecular complexity index is 319. The molecule has 0 spiro atoms. The summed E-state index contributed by atoms with van der Waals surface area (Å²) in [5, 5.41) is 0. The molecule has 0 aliphatic carbocycles. The van der Waals surface area contributed by atoms with Crippen LogP contribution in [-0.4, -0.2) is 29.9 Å². The molecule has 0 bridgehead atoms. The Kier molecular flexibility index (Phi) is 3.84. The average molecular weight is 213 g/mol. The summed E-state index contributed by atoms with van der Waals surface area (Å²) in [4.78, 5) is 11.4. The second-order valence-electron chi connectivity index (χ2n) is 2.91. The monoisotopic (exact) mass is 213 g/mol. The third-order valence-electron chi connectivity index (χ3n) is 1.93. The number of hydrazine groups is 1. The lowest BCUT2D eigenvalue weighted by molar-refractivity contribution is 0.482. The standard InChI is InChI=1S/C8H15N5S/c1-6-7(14-5-11-6)4-13(3)8(10-2)12-9/h5H,4,9H2,1-3H3,(H,10,12). The van der Waals surface area contributed by atoms with Crippen LogP contribution >= 0.6 is 11.3 Å². The number of aliphatic imine (C=N–C) groups is 1. The minimum Gasteiger partial charge on any atom is -0.340 e. The van der Waals surface area contributed by atoms with Gasteiger partial charge in [0.2, 0.25) is 5.96 Å². The molecule has 0 saturated heterocycles. The van der Waals surface area contributed by atoms with Gasteiger partial charge in [-0.25, -0.2) is 10.8 Å². The van der Waals surface area contributed by atoms with Crippen LogP contribution in [0.15, 0.2) is 10.5 Å². The number of guanidine groups is 1. The minimum absolute atomic E-state index is 0.665. The lowest BCUT2D eigenvalue weighted by atomic mass is 10.4. The van der Waals surface area contributed by atoms with E-state index >= 15 is 0 Å². The normalized spacial score (nSPS) is 11.6. The van der Waals surface area contributed by atoms with E-state index < -0.39 is 0 Å². The van der Waals surface area contributed by atoms with Crippen molar-refractivity contribution in [3.05, 3.63) is 16.1 Å². The maximum absolute atomic E-state index is 5.32. The zero-order valence-corrected chi connectivity index (χ0v) is 9.43. The maximum Gasteiger partial charge on any atom is 0.208 e. The lowest BCUT2D eigenvalue weighted by Gasteiger charge is -2.19. The number of nitrogens with one attached hydrogen (secondary N) is 1. The predicted molar refractivity (Wildman–Crippen MR) is 59.0 cm³/mol. The van der Waals surface area contributed by atoms with Gasteiger partial charge in [-0.1, -0.05) is 0 Å². The fourth-order valence-corrected chi connectivity index (χ4v) is 1.94. The minimum atomic E-state index is 0.665. The summed E-state index contributed by atoms with van der Waals surface area (Å²) in [5.41, 5.74) is 5.45. The number of rotatable bonds is 2. The van der Waals surface area contributed by atoms with Crippen molar-refractivity contribution in [2.45, 2.75) is 13.5 Å². The van der Waals surface area contributed by atoms with E-state index in [1.807, 2.05) is 24.4 Å². The molecule has 1 rings (SSSR count). The number of nitrogens with zero attached hydrogens (tertiary/aromatic N) is 3. The molecule has 3 N–H and O–H groups in total. The topological polar surface area (TPSA) is 66.5 Å². The van der Waals surface area contributed by atoms with Crippen molar-refractivity contribution in [1.82, 2.24) is 15.3 Å². The van der Waals surface area contributed by atoms with E-state index in [1.54, 1.807) is 18.4 Å². The van der Waals surface area contributed by atoms with E-state index in [0.717, 1.165) is 12.2 Å². The summed E-state index contributed by atoms with van der Waals surface area (Å²) in [7, 11) is 3.63. The van der Waals surface area contributed by atoms with Crippen molar-refractivity contribution < 1.29 is 0 Å². The van der Waals surface area contributed by atoms with Gasteiger partial charge in [-0.2, -0.15) is 0 Å². The van der Waals surface area contributed by atoms with Gasteiger partial charge in [0.1, 0.15) is 0 Å². The number of thiazole rings is 1.